The van der Waals surface area contributed by atoms with E-state index < -0.39 is 0 Å². The van der Waals surface area contributed by atoms with Crippen LogP contribution in [-0.4, -0.2) is 9.78 Å². The van der Waals surface area contributed by atoms with Gasteiger partial charge in [-0.05, 0) is 32.0 Å². The zero-order valence-corrected chi connectivity index (χ0v) is 14.0. The second-order valence-electron chi connectivity index (χ2n) is 4.73. The number of aryl methyl sites for hydroxylation is 2. The van der Waals surface area contributed by atoms with Crippen LogP contribution in [-0.2, 0) is 13.7 Å². The number of nitrogens with two attached hydrogens (primary N) is 1. The Morgan fingerprint density at radius 3 is 2.75 bits per heavy atom. The van der Waals surface area contributed by atoms with Crippen molar-refractivity contribution in [2.45, 2.75) is 26.5 Å². The second kappa shape index (κ2) is 6.16. The topological polar surface area (TPSA) is 53.1 Å². The van der Waals surface area contributed by atoms with Gasteiger partial charge in [-0.2, -0.15) is 5.10 Å². The molecule has 4 nitrogen and oxygen atoms in total. The van der Waals surface area contributed by atoms with Gasteiger partial charge in [0.25, 0.3) is 0 Å². The quantitative estimate of drug-likeness (QED) is 0.905. The molecule has 0 bridgehead atoms. The molecular formula is C14H17BrClN3O. The van der Waals surface area contributed by atoms with Gasteiger partial charge in [0.05, 0.1) is 16.4 Å². The lowest BCUT2D eigenvalue weighted by molar-refractivity contribution is 0.290. The van der Waals surface area contributed by atoms with Crippen LogP contribution in [0.5, 0.6) is 5.75 Å². The number of halogens is 2. The number of ether oxygens (including phenoxy) is 1. The van der Waals surface area contributed by atoms with Crippen LogP contribution in [0.25, 0.3) is 0 Å². The van der Waals surface area contributed by atoms with Gasteiger partial charge in [-0.1, -0.05) is 27.5 Å². The zero-order valence-electron chi connectivity index (χ0n) is 11.7. The fourth-order valence-electron chi connectivity index (χ4n) is 1.99. The van der Waals surface area contributed by atoms with Crippen LogP contribution < -0.4 is 10.5 Å². The van der Waals surface area contributed by atoms with Crippen LogP contribution in [0.15, 0.2) is 22.7 Å². The van der Waals surface area contributed by atoms with Crippen LogP contribution in [0.3, 0.4) is 0 Å². The molecule has 108 valence electrons. The van der Waals surface area contributed by atoms with Crippen LogP contribution in [0, 0.1) is 6.92 Å². The number of rotatable bonds is 4. The Labute approximate surface area is 132 Å². The molecule has 0 spiro atoms. The molecule has 6 heteroatoms. The SMILES string of the molecule is Cc1nn(C)c(COc2ccc(Br)cc2[C@@H](C)N)c1Cl. The molecule has 1 atom stereocenters. The van der Waals surface area contributed by atoms with E-state index in [2.05, 4.69) is 21.0 Å². The van der Waals surface area contributed by atoms with Crippen molar-refractivity contribution in [3.05, 3.63) is 44.6 Å². The molecule has 0 radical (unpaired) electrons. The average molecular weight is 359 g/mol. The van der Waals surface area contributed by atoms with Gasteiger partial charge in [-0.25, -0.2) is 0 Å². The van der Waals surface area contributed by atoms with Crippen molar-refractivity contribution in [3.8, 4) is 5.75 Å². The molecule has 0 aliphatic carbocycles. The van der Waals surface area contributed by atoms with E-state index in [1.54, 1.807) is 4.68 Å². The molecule has 2 aromatic rings. The van der Waals surface area contributed by atoms with E-state index in [1.807, 2.05) is 39.1 Å². The molecule has 2 rings (SSSR count). The molecule has 0 fully saturated rings. The van der Waals surface area contributed by atoms with E-state index in [4.69, 9.17) is 22.1 Å². The molecule has 0 unspecified atom stereocenters. The van der Waals surface area contributed by atoms with Gasteiger partial charge in [-0.15, -0.1) is 0 Å². The molecule has 0 saturated heterocycles. The van der Waals surface area contributed by atoms with E-state index >= 15 is 0 Å². The maximum atomic E-state index is 6.21. The van der Waals surface area contributed by atoms with E-state index in [9.17, 15) is 0 Å². The predicted molar refractivity (Wildman–Crippen MR) is 84.0 cm³/mol. The van der Waals surface area contributed by atoms with Gasteiger partial charge >= 0.3 is 0 Å². The lowest BCUT2D eigenvalue weighted by Gasteiger charge is -2.14. The van der Waals surface area contributed by atoms with Crippen molar-refractivity contribution in [1.29, 1.82) is 0 Å². The Kier molecular flexibility index (Phi) is 4.73. The van der Waals surface area contributed by atoms with Crippen LogP contribution in [0.2, 0.25) is 5.02 Å². The third-order valence-corrected chi connectivity index (χ3v) is 4.07. The summed E-state index contributed by atoms with van der Waals surface area (Å²) < 4.78 is 8.58. The predicted octanol–water partition coefficient (Wildman–Crippen LogP) is 3.74. The minimum atomic E-state index is -0.105. The maximum absolute atomic E-state index is 6.21. The zero-order chi connectivity index (χ0) is 14.9. The summed E-state index contributed by atoms with van der Waals surface area (Å²) in [6.45, 7) is 4.16. The van der Waals surface area contributed by atoms with Crippen molar-refractivity contribution >= 4 is 27.5 Å². The fraction of sp³-hybridized carbons (Fsp3) is 0.357. The first-order chi connectivity index (χ1) is 9.40. The summed E-state index contributed by atoms with van der Waals surface area (Å²) in [7, 11) is 1.85. The van der Waals surface area contributed by atoms with E-state index in [-0.39, 0.29) is 6.04 Å². The van der Waals surface area contributed by atoms with Crippen LogP contribution in [0.4, 0.5) is 0 Å². The standard InChI is InChI=1S/C14H17BrClN3O/c1-8(17)11-6-10(15)4-5-13(11)20-7-12-14(16)9(2)18-19(12)3/h4-6,8H,7,17H2,1-3H3/t8-/m1/s1. The fourth-order valence-corrected chi connectivity index (χ4v) is 2.58. The Balaban J connectivity index is 2.23. The number of aromatic nitrogens is 2. The van der Waals surface area contributed by atoms with Crippen molar-refractivity contribution in [1.82, 2.24) is 9.78 Å². The number of benzene rings is 1. The Morgan fingerprint density at radius 2 is 2.20 bits per heavy atom. The molecule has 1 heterocycles. The smallest absolute Gasteiger partial charge is 0.131 e. The van der Waals surface area contributed by atoms with Gasteiger partial charge in [0.15, 0.2) is 0 Å². The first-order valence-electron chi connectivity index (χ1n) is 6.26. The number of hydrogen-bond donors (Lipinski definition) is 1. The molecule has 0 amide bonds. The van der Waals surface area contributed by atoms with Crippen molar-refractivity contribution in [2.24, 2.45) is 12.8 Å². The maximum Gasteiger partial charge on any atom is 0.131 e. The third-order valence-electron chi connectivity index (χ3n) is 3.09. The minimum absolute atomic E-state index is 0.105. The van der Waals surface area contributed by atoms with Gasteiger partial charge in [-0.3, -0.25) is 4.68 Å². The summed E-state index contributed by atoms with van der Waals surface area (Å²) in [5.74, 6) is 0.762. The van der Waals surface area contributed by atoms with Gasteiger partial charge in [0.2, 0.25) is 0 Å². The molecule has 20 heavy (non-hydrogen) atoms. The number of nitrogens with zero attached hydrogens (tertiary/aromatic N) is 2. The van der Waals surface area contributed by atoms with Gasteiger partial charge in [0.1, 0.15) is 12.4 Å². The van der Waals surface area contributed by atoms with Gasteiger partial charge in [0, 0.05) is 23.1 Å². The second-order valence-corrected chi connectivity index (χ2v) is 6.02. The third kappa shape index (κ3) is 3.16. The average Bonchev–Trinajstić information content (AvgIpc) is 2.62. The van der Waals surface area contributed by atoms with Crippen LogP contribution >= 0.6 is 27.5 Å². The summed E-state index contributed by atoms with van der Waals surface area (Å²) in [5.41, 5.74) is 8.58. The molecule has 1 aromatic heterocycles. The molecule has 0 aliphatic heterocycles. The highest BCUT2D eigenvalue weighted by Crippen LogP contribution is 2.29. The largest absolute Gasteiger partial charge is 0.487 e. The lowest BCUT2D eigenvalue weighted by atomic mass is 10.1. The van der Waals surface area contributed by atoms with Crippen molar-refractivity contribution in [3.63, 3.8) is 0 Å². The lowest BCUT2D eigenvalue weighted by Crippen LogP contribution is -2.09. The summed E-state index contributed by atoms with van der Waals surface area (Å²) in [4.78, 5) is 0. The highest BCUT2D eigenvalue weighted by molar-refractivity contribution is 9.10. The molecule has 0 aliphatic rings. The van der Waals surface area contributed by atoms with Crippen molar-refractivity contribution < 1.29 is 4.74 Å². The van der Waals surface area contributed by atoms with E-state index in [0.29, 0.717) is 11.6 Å². The van der Waals surface area contributed by atoms with E-state index in [0.717, 1.165) is 27.2 Å². The summed E-state index contributed by atoms with van der Waals surface area (Å²) >= 11 is 9.65. The van der Waals surface area contributed by atoms with Crippen LogP contribution in [0.1, 0.15) is 29.9 Å². The minimum Gasteiger partial charge on any atom is -0.487 e. The van der Waals surface area contributed by atoms with Crippen molar-refractivity contribution in [2.75, 3.05) is 0 Å². The monoisotopic (exact) mass is 357 g/mol. The molecular weight excluding hydrogens is 342 g/mol. The Morgan fingerprint density at radius 1 is 1.50 bits per heavy atom. The highest BCUT2D eigenvalue weighted by Gasteiger charge is 2.14. The number of hydrogen-bond acceptors (Lipinski definition) is 3. The highest BCUT2D eigenvalue weighted by atomic mass is 79.9. The Hall–Kier alpha value is -1.04. The Bertz CT molecular complexity index is 625. The summed E-state index contributed by atoms with van der Waals surface area (Å²) in [6, 6.07) is 5.69. The molecule has 2 N–H and O–H groups in total. The normalized spacial score (nSPS) is 12.5. The molecule has 0 saturated carbocycles. The van der Waals surface area contributed by atoms with E-state index in [1.165, 1.54) is 0 Å². The first-order valence-corrected chi connectivity index (χ1v) is 7.43. The van der Waals surface area contributed by atoms with Gasteiger partial charge < -0.3 is 10.5 Å². The summed E-state index contributed by atoms with van der Waals surface area (Å²) in [5, 5.41) is 4.91. The summed E-state index contributed by atoms with van der Waals surface area (Å²) in [6.07, 6.45) is 0. The first kappa shape index (κ1) is 15.4. The molecule has 1 aromatic carbocycles.